The fourth-order valence-electron chi connectivity index (χ4n) is 2.49. The molecule has 0 aliphatic heterocycles. The zero-order valence-corrected chi connectivity index (χ0v) is 12.5. The average Bonchev–Trinajstić information content (AvgIpc) is 2.55. The van der Waals surface area contributed by atoms with Crippen LogP contribution in [0.5, 0.6) is 0 Å². The maximum Gasteiger partial charge on any atom is 0.235 e. The molecular weight excluding hydrogens is 260 g/mol. The molecule has 0 amide bonds. The zero-order valence-electron chi connectivity index (χ0n) is 12.5. The van der Waals surface area contributed by atoms with Gasteiger partial charge < -0.3 is 4.90 Å². The third-order valence-electron chi connectivity index (χ3n) is 3.63. The Hall–Kier alpha value is -2.38. The fraction of sp³-hybridized carbons (Fsp3) is 0.278. The number of benzene rings is 2. The van der Waals surface area contributed by atoms with E-state index in [9.17, 15) is 4.79 Å². The second-order valence-corrected chi connectivity index (χ2v) is 4.80. The molecule has 1 atom stereocenters. The van der Waals surface area contributed by atoms with Gasteiger partial charge in [0.2, 0.25) is 6.08 Å². The Kier molecular flexibility index (Phi) is 5.30. The van der Waals surface area contributed by atoms with E-state index >= 15 is 0 Å². The number of hydrogen-bond acceptors (Lipinski definition) is 3. The van der Waals surface area contributed by atoms with Gasteiger partial charge in [-0.3, -0.25) is 0 Å². The molecule has 0 saturated heterocycles. The van der Waals surface area contributed by atoms with Gasteiger partial charge in [0.25, 0.3) is 0 Å². The molecule has 0 saturated carbocycles. The second kappa shape index (κ2) is 7.41. The van der Waals surface area contributed by atoms with Crippen LogP contribution in [0.3, 0.4) is 0 Å². The van der Waals surface area contributed by atoms with Gasteiger partial charge in [0.15, 0.2) is 0 Å². The highest BCUT2D eigenvalue weighted by atomic mass is 16.1. The van der Waals surface area contributed by atoms with E-state index in [1.807, 2.05) is 42.5 Å². The standard InChI is InChI=1S/C18H20N2O/c1-3-20(4-2)17-12-10-16(11-13-17)18(19-14-21)15-8-6-5-7-9-15/h5-13,18H,3-4H2,1-2H3. The van der Waals surface area contributed by atoms with Crippen molar-refractivity contribution in [2.45, 2.75) is 19.9 Å². The van der Waals surface area contributed by atoms with Crippen molar-refractivity contribution in [1.29, 1.82) is 0 Å². The predicted molar refractivity (Wildman–Crippen MR) is 86.4 cm³/mol. The molecule has 0 fully saturated rings. The maximum atomic E-state index is 10.7. The van der Waals surface area contributed by atoms with Gasteiger partial charge in [-0.1, -0.05) is 42.5 Å². The van der Waals surface area contributed by atoms with Crippen LogP contribution in [0.2, 0.25) is 0 Å². The van der Waals surface area contributed by atoms with Crippen LogP contribution in [0.1, 0.15) is 31.0 Å². The van der Waals surface area contributed by atoms with Crippen molar-refractivity contribution in [3.63, 3.8) is 0 Å². The van der Waals surface area contributed by atoms with Crippen molar-refractivity contribution in [3.05, 3.63) is 65.7 Å². The first-order valence-corrected chi connectivity index (χ1v) is 7.27. The lowest BCUT2D eigenvalue weighted by Gasteiger charge is -2.21. The van der Waals surface area contributed by atoms with Gasteiger partial charge in [0.05, 0.1) is 0 Å². The van der Waals surface area contributed by atoms with Crippen LogP contribution in [0.15, 0.2) is 59.6 Å². The van der Waals surface area contributed by atoms with E-state index in [1.165, 1.54) is 5.69 Å². The number of aliphatic imine (C=N–C) groups is 1. The summed E-state index contributed by atoms with van der Waals surface area (Å²) in [4.78, 5) is 17.0. The SMILES string of the molecule is CCN(CC)c1ccc(C(N=C=O)c2ccccc2)cc1. The van der Waals surface area contributed by atoms with E-state index in [1.54, 1.807) is 6.08 Å². The molecular formula is C18H20N2O. The van der Waals surface area contributed by atoms with Crippen LogP contribution in [-0.4, -0.2) is 19.2 Å². The van der Waals surface area contributed by atoms with Crippen LogP contribution in [0.25, 0.3) is 0 Å². The maximum absolute atomic E-state index is 10.7. The molecule has 3 heteroatoms. The molecule has 2 rings (SSSR count). The topological polar surface area (TPSA) is 32.7 Å². The largest absolute Gasteiger partial charge is 0.372 e. The second-order valence-electron chi connectivity index (χ2n) is 4.80. The van der Waals surface area contributed by atoms with Gasteiger partial charge in [-0.05, 0) is 37.1 Å². The van der Waals surface area contributed by atoms with Crippen molar-refractivity contribution in [3.8, 4) is 0 Å². The number of carbonyl (C=O) groups excluding carboxylic acids is 1. The van der Waals surface area contributed by atoms with E-state index in [0.29, 0.717) is 0 Å². The molecule has 2 aromatic rings. The van der Waals surface area contributed by atoms with Crippen LogP contribution in [-0.2, 0) is 4.79 Å². The summed E-state index contributed by atoms with van der Waals surface area (Å²) in [6.45, 7) is 6.23. The predicted octanol–water partition coefficient (Wildman–Crippen LogP) is 3.96. The smallest absolute Gasteiger partial charge is 0.235 e. The Balaban J connectivity index is 2.32. The van der Waals surface area contributed by atoms with Gasteiger partial charge >= 0.3 is 0 Å². The summed E-state index contributed by atoms with van der Waals surface area (Å²) in [6, 6.07) is 17.8. The van der Waals surface area contributed by atoms with E-state index in [2.05, 4.69) is 35.9 Å². The first-order chi connectivity index (χ1) is 10.3. The molecule has 1 unspecified atom stereocenters. The van der Waals surface area contributed by atoms with E-state index in [0.717, 1.165) is 24.2 Å². The Morgan fingerprint density at radius 2 is 1.52 bits per heavy atom. The number of anilines is 1. The third-order valence-corrected chi connectivity index (χ3v) is 3.63. The van der Waals surface area contributed by atoms with Gasteiger partial charge in [-0.15, -0.1) is 0 Å². The number of hydrogen-bond donors (Lipinski definition) is 0. The Morgan fingerprint density at radius 1 is 0.952 bits per heavy atom. The molecule has 0 aromatic heterocycles. The molecule has 0 aliphatic rings. The molecule has 0 N–H and O–H groups in total. The van der Waals surface area contributed by atoms with Crippen molar-refractivity contribution in [1.82, 2.24) is 0 Å². The van der Waals surface area contributed by atoms with Gasteiger partial charge in [-0.2, -0.15) is 4.99 Å². The van der Waals surface area contributed by atoms with Crippen LogP contribution in [0, 0.1) is 0 Å². The molecule has 3 nitrogen and oxygen atoms in total. The minimum atomic E-state index is -0.283. The first kappa shape index (κ1) is 15.0. The van der Waals surface area contributed by atoms with Crippen molar-refractivity contribution < 1.29 is 4.79 Å². The summed E-state index contributed by atoms with van der Waals surface area (Å²) in [5.41, 5.74) is 3.18. The number of rotatable bonds is 6. The number of isocyanates is 1. The highest BCUT2D eigenvalue weighted by Crippen LogP contribution is 2.27. The number of nitrogens with zero attached hydrogens (tertiary/aromatic N) is 2. The lowest BCUT2D eigenvalue weighted by molar-refractivity contribution is 0.560. The monoisotopic (exact) mass is 280 g/mol. The molecule has 2 aromatic carbocycles. The lowest BCUT2D eigenvalue weighted by atomic mass is 9.99. The highest BCUT2D eigenvalue weighted by molar-refractivity contribution is 5.49. The summed E-state index contributed by atoms with van der Waals surface area (Å²) >= 11 is 0. The first-order valence-electron chi connectivity index (χ1n) is 7.27. The highest BCUT2D eigenvalue weighted by Gasteiger charge is 2.13. The van der Waals surface area contributed by atoms with E-state index in [4.69, 9.17) is 0 Å². The van der Waals surface area contributed by atoms with Crippen LogP contribution in [0.4, 0.5) is 5.69 Å². The molecule has 0 bridgehead atoms. The summed E-state index contributed by atoms with van der Waals surface area (Å²) in [6.07, 6.45) is 1.69. The quantitative estimate of drug-likeness (QED) is 0.592. The van der Waals surface area contributed by atoms with Gasteiger partial charge in [0, 0.05) is 18.8 Å². The molecule has 108 valence electrons. The molecule has 0 heterocycles. The molecule has 0 radical (unpaired) electrons. The summed E-state index contributed by atoms with van der Waals surface area (Å²) < 4.78 is 0. The Morgan fingerprint density at radius 3 is 2.05 bits per heavy atom. The Bertz CT molecular complexity index is 597. The summed E-state index contributed by atoms with van der Waals surface area (Å²) in [5, 5.41) is 0. The van der Waals surface area contributed by atoms with Crippen molar-refractivity contribution >= 4 is 11.8 Å². The lowest BCUT2D eigenvalue weighted by Crippen LogP contribution is -2.21. The molecule has 0 spiro atoms. The average molecular weight is 280 g/mol. The van der Waals surface area contributed by atoms with Crippen LogP contribution >= 0.6 is 0 Å². The molecule has 21 heavy (non-hydrogen) atoms. The van der Waals surface area contributed by atoms with Crippen LogP contribution < -0.4 is 4.90 Å². The van der Waals surface area contributed by atoms with Crippen molar-refractivity contribution in [2.75, 3.05) is 18.0 Å². The Labute approximate surface area is 125 Å². The molecule has 0 aliphatic carbocycles. The summed E-state index contributed by atoms with van der Waals surface area (Å²) in [5.74, 6) is 0. The minimum Gasteiger partial charge on any atom is -0.372 e. The van der Waals surface area contributed by atoms with E-state index < -0.39 is 0 Å². The van der Waals surface area contributed by atoms with E-state index in [-0.39, 0.29) is 6.04 Å². The van der Waals surface area contributed by atoms with Gasteiger partial charge in [-0.25, -0.2) is 4.79 Å². The zero-order chi connectivity index (χ0) is 15.1. The van der Waals surface area contributed by atoms with Gasteiger partial charge in [0.1, 0.15) is 6.04 Å². The fourth-order valence-corrected chi connectivity index (χ4v) is 2.49. The normalized spacial score (nSPS) is 11.5. The minimum absolute atomic E-state index is 0.283. The third kappa shape index (κ3) is 3.59. The van der Waals surface area contributed by atoms with Crippen molar-refractivity contribution in [2.24, 2.45) is 4.99 Å². The summed E-state index contributed by atoms with van der Waals surface area (Å²) in [7, 11) is 0.